The van der Waals surface area contributed by atoms with Gasteiger partial charge in [-0.25, -0.2) is 18.2 Å². The number of carbonyl (C=O) groups excluding carboxylic acids is 2. The van der Waals surface area contributed by atoms with Crippen LogP contribution in [0.25, 0.3) is 11.3 Å². The fourth-order valence-electron chi connectivity index (χ4n) is 2.89. The van der Waals surface area contributed by atoms with Crippen LogP contribution in [0.3, 0.4) is 0 Å². The third kappa shape index (κ3) is 8.61. The van der Waals surface area contributed by atoms with E-state index in [1.807, 2.05) is 12.1 Å². The second-order valence-corrected chi connectivity index (χ2v) is 11.6. The topological polar surface area (TPSA) is 137 Å². The molecule has 3 rings (SSSR count). The van der Waals surface area contributed by atoms with Crippen LogP contribution in [-0.4, -0.2) is 54.9 Å². The first-order valence-corrected chi connectivity index (χ1v) is 13.6. The average molecular weight is 533 g/mol. The number of hydrogen-bond acceptors (Lipinski definition) is 9. The van der Waals surface area contributed by atoms with Gasteiger partial charge in [-0.05, 0) is 57.2 Å². The van der Waals surface area contributed by atoms with Gasteiger partial charge in [0.25, 0.3) is 0 Å². The van der Waals surface area contributed by atoms with Crippen molar-refractivity contribution in [1.82, 2.24) is 15.3 Å². The average Bonchev–Trinajstić information content (AvgIpc) is 3.29. The fourth-order valence-corrected chi connectivity index (χ4v) is 4.87. The van der Waals surface area contributed by atoms with Crippen LogP contribution in [0.1, 0.15) is 27.2 Å². The van der Waals surface area contributed by atoms with E-state index >= 15 is 0 Å². The van der Waals surface area contributed by atoms with Gasteiger partial charge in [-0.2, -0.15) is 0 Å². The van der Waals surface area contributed by atoms with Crippen molar-refractivity contribution in [3.8, 4) is 17.0 Å². The highest BCUT2D eigenvalue weighted by atomic mass is 32.2. The summed E-state index contributed by atoms with van der Waals surface area (Å²) in [7, 11) is -3.67. The summed E-state index contributed by atoms with van der Waals surface area (Å²) >= 11 is 1.26. The molecule has 2 N–H and O–H groups in total. The van der Waals surface area contributed by atoms with E-state index in [0.29, 0.717) is 16.6 Å². The van der Waals surface area contributed by atoms with Crippen LogP contribution >= 0.6 is 11.3 Å². The van der Waals surface area contributed by atoms with E-state index < -0.39 is 27.4 Å². The van der Waals surface area contributed by atoms with Crippen LogP contribution in [-0.2, 0) is 19.4 Å². The third-order valence-electron chi connectivity index (χ3n) is 4.55. The molecule has 0 radical (unpaired) electrons. The fraction of sp³-hybridized carbons (Fsp3) is 0.333. The Morgan fingerprint density at radius 2 is 1.75 bits per heavy atom. The number of hydrogen-bond donors (Lipinski definition) is 2. The molecule has 192 valence electrons. The SMILES string of the molecule is CC(C)(C)OC(=O)NCCOc1ccc(S(=O)(=O)CCC(=O)Nc2nc(-c3ccncc3)cs2)cc1. The van der Waals surface area contributed by atoms with E-state index in [0.717, 1.165) is 5.56 Å². The normalized spacial score (nSPS) is 11.5. The molecule has 0 fully saturated rings. The van der Waals surface area contributed by atoms with Crippen molar-refractivity contribution in [3.63, 3.8) is 0 Å². The van der Waals surface area contributed by atoms with Gasteiger partial charge in [0.15, 0.2) is 15.0 Å². The number of carbonyl (C=O) groups is 2. The minimum absolute atomic E-state index is 0.0868. The van der Waals surface area contributed by atoms with Gasteiger partial charge in [-0.1, -0.05) is 0 Å². The van der Waals surface area contributed by atoms with Gasteiger partial charge >= 0.3 is 6.09 Å². The van der Waals surface area contributed by atoms with Gasteiger partial charge in [0, 0.05) is 29.8 Å². The maximum absolute atomic E-state index is 12.6. The van der Waals surface area contributed by atoms with E-state index in [2.05, 4.69) is 20.6 Å². The number of nitrogens with one attached hydrogen (secondary N) is 2. The first-order chi connectivity index (χ1) is 17.0. The molecule has 0 aliphatic carbocycles. The standard InChI is InChI=1S/C24H28N4O6S2/c1-24(2,3)34-23(30)26-13-14-33-18-4-6-19(7-5-18)36(31,32)15-10-21(29)28-22-27-20(16-35-22)17-8-11-25-12-9-17/h4-9,11-12,16H,10,13-15H2,1-3H3,(H,26,30)(H,27,28,29). The van der Waals surface area contributed by atoms with Crippen molar-refractivity contribution in [2.45, 2.75) is 37.7 Å². The van der Waals surface area contributed by atoms with Crippen molar-refractivity contribution in [2.24, 2.45) is 0 Å². The number of ether oxygens (including phenoxy) is 2. The molecule has 1 aromatic carbocycles. The van der Waals surface area contributed by atoms with Crippen molar-refractivity contribution >= 4 is 38.3 Å². The molecule has 2 amide bonds. The van der Waals surface area contributed by atoms with Crippen LogP contribution in [0.4, 0.5) is 9.93 Å². The monoisotopic (exact) mass is 532 g/mol. The Bertz CT molecular complexity index is 1270. The summed E-state index contributed by atoms with van der Waals surface area (Å²) in [6.45, 7) is 5.72. The molecule has 2 aromatic heterocycles. The Morgan fingerprint density at radius 1 is 1.06 bits per heavy atom. The zero-order chi connectivity index (χ0) is 26.2. The molecule has 36 heavy (non-hydrogen) atoms. The first kappa shape index (κ1) is 27.1. The maximum Gasteiger partial charge on any atom is 0.407 e. The summed E-state index contributed by atoms with van der Waals surface area (Å²) in [6, 6.07) is 9.51. The zero-order valence-electron chi connectivity index (χ0n) is 20.2. The molecular formula is C24H28N4O6S2. The summed E-state index contributed by atoms with van der Waals surface area (Å²) < 4.78 is 35.9. The molecule has 0 spiro atoms. The highest BCUT2D eigenvalue weighted by Crippen LogP contribution is 2.24. The smallest absolute Gasteiger partial charge is 0.407 e. The van der Waals surface area contributed by atoms with Crippen LogP contribution in [0, 0.1) is 0 Å². The molecule has 0 saturated carbocycles. The molecule has 0 aliphatic rings. The summed E-state index contributed by atoms with van der Waals surface area (Å²) in [5.74, 6) is -0.334. The number of benzene rings is 1. The number of sulfone groups is 1. The van der Waals surface area contributed by atoms with Gasteiger partial charge in [-0.15, -0.1) is 11.3 Å². The van der Waals surface area contributed by atoms with Crippen LogP contribution in [0.2, 0.25) is 0 Å². The summed E-state index contributed by atoms with van der Waals surface area (Å²) in [5, 5.41) is 7.42. The van der Waals surface area contributed by atoms with Gasteiger partial charge in [0.2, 0.25) is 5.91 Å². The summed E-state index contributed by atoms with van der Waals surface area (Å²) in [6.07, 6.45) is 2.56. The Kier molecular flexibility index (Phi) is 8.99. The van der Waals surface area contributed by atoms with Crippen molar-refractivity contribution < 1.29 is 27.5 Å². The van der Waals surface area contributed by atoms with E-state index in [9.17, 15) is 18.0 Å². The largest absolute Gasteiger partial charge is 0.492 e. The van der Waals surface area contributed by atoms with E-state index in [4.69, 9.17) is 9.47 Å². The first-order valence-electron chi connectivity index (χ1n) is 11.1. The van der Waals surface area contributed by atoms with Crippen LogP contribution in [0.15, 0.2) is 59.1 Å². The molecule has 0 bridgehead atoms. The Morgan fingerprint density at radius 3 is 2.42 bits per heavy atom. The van der Waals surface area contributed by atoms with Crippen molar-refractivity contribution in [3.05, 3.63) is 54.2 Å². The number of thiazole rings is 1. The Balaban J connectivity index is 1.44. The number of aromatic nitrogens is 2. The predicted octanol–water partition coefficient (Wildman–Crippen LogP) is 3.91. The van der Waals surface area contributed by atoms with E-state index in [1.54, 1.807) is 38.5 Å². The quantitative estimate of drug-likeness (QED) is 0.375. The number of pyridine rings is 1. The molecule has 0 unspecified atom stereocenters. The van der Waals surface area contributed by atoms with Crippen molar-refractivity contribution in [2.75, 3.05) is 24.2 Å². The zero-order valence-corrected chi connectivity index (χ0v) is 21.8. The second-order valence-electron chi connectivity index (χ2n) is 8.64. The number of alkyl carbamates (subject to hydrolysis) is 1. The molecular weight excluding hydrogens is 504 g/mol. The third-order valence-corrected chi connectivity index (χ3v) is 7.04. The number of nitrogens with zero attached hydrogens (tertiary/aromatic N) is 2. The predicted molar refractivity (Wildman–Crippen MR) is 137 cm³/mol. The minimum Gasteiger partial charge on any atom is -0.492 e. The lowest BCUT2D eigenvalue weighted by Gasteiger charge is -2.19. The molecule has 12 heteroatoms. The number of rotatable bonds is 10. The molecule has 0 aliphatic heterocycles. The lowest BCUT2D eigenvalue weighted by Crippen LogP contribution is -2.34. The molecule has 0 atom stereocenters. The molecule has 0 saturated heterocycles. The summed E-state index contributed by atoms with van der Waals surface area (Å²) in [4.78, 5) is 32.3. The van der Waals surface area contributed by atoms with Gasteiger partial charge < -0.3 is 20.1 Å². The highest BCUT2D eigenvalue weighted by Gasteiger charge is 2.18. The Labute approximate surface area is 214 Å². The minimum atomic E-state index is -3.67. The number of amides is 2. The lowest BCUT2D eigenvalue weighted by molar-refractivity contribution is -0.115. The maximum atomic E-state index is 12.6. The van der Waals surface area contributed by atoms with E-state index in [1.165, 1.54) is 35.6 Å². The van der Waals surface area contributed by atoms with Crippen molar-refractivity contribution in [1.29, 1.82) is 0 Å². The highest BCUT2D eigenvalue weighted by molar-refractivity contribution is 7.91. The summed E-state index contributed by atoms with van der Waals surface area (Å²) in [5.41, 5.74) is 0.988. The van der Waals surface area contributed by atoms with Gasteiger partial charge in [0.05, 0.1) is 22.9 Å². The molecule has 2 heterocycles. The van der Waals surface area contributed by atoms with Gasteiger partial charge in [0.1, 0.15) is 18.0 Å². The van der Waals surface area contributed by atoms with Crippen LogP contribution in [0.5, 0.6) is 5.75 Å². The number of anilines is 1. The second kappa shape index (κ2) is 12.0. The molecule has 3 aromatic rings. The lowest BCUT2D eigenvalue weighted by atomic mass is 10.2. The Hall–Kier alpha value is -3.51. The molecule has 10 nitrogen and oxygen atoms in total. The van der Waals surface area contributed by atoms with Crippen LogP contribution < -0.4 is 15.4 Å². The van der Waals surface area contributed by atoms with E-state index in [-0.39, 0.29) is 30.2 Å². The van der Waals surface area contributed by atoms with Gasteiger partial charge in [-0.3, -0.25) is 9.78 Å².